The van der Waals surface area contributed by atoms with E-state index in [4.69, 9.17) is 0 Å². The summed E-state index contributed by atoms with van der Waals surface area (Å²) >= 11 is 1.66. The van der Waals surface area contributed by atoms with E-state index in [0.29, 0.717) is 6.42 Å². The summed E-state index contributed by atoms with van der Waals surface area (Å²) in [6.45, 7) is 0. The van der Waals surface area contributed by atoms with Crippen molar-refractivity contribution in [2.75, 3.05) is 12.0 Å². The first-order chi connectivity index (χ1) is 2.91. The number of hydrogen-bond acceptors (Lipinski definition) is 2. The van der Waals surface area contributed by atoms with Gasteiger partial charge in [-0.05, 0) is 6.26 Å². The first kappa shape index (κ1) is 6.02. The zero-order valence-electron chi connectivity index (χ0n) is 3.73. The third-order valence-electron chi connectivity index (χ3n) is 0.408. The van der Waals surface area contributed by atoms with E-state index < -0.39 is 0 Å². The second-order valence-electron chi connectivity index (χ2n) is 0.887. The fraction of sp³-hybridized carbons (Fsp3) is 0.750. The Morgan fingerprint density at radius 2 is 2.50 bits per heavy atom. The molecule has 0 aromatic carbocycles. The highest BCUT2D eigenvalue weighted by Crippen LogP contribution is 1.90. The molecule has 0 aliphatic heterocycles. The van der Waals surface area contributed by atoms with Crippen molar-refractivity contribution in [1.29, 1.82) is 0 Å². The van der Waals surface area contributed by atoms with E-state index in [-0.39, 0.29) is 0 Å². The summed E-state index contributed by atoms with van der Waals surface area (Å²) in [4.78, 5) is 9.43. The highest BCUT2D eigenvalue weighted by Gasteiger charge is 1.76. The van der Waals surface area contributed by atoms with Gasteiger partial charge in [-0.25, -0.2) is 0 Å². The second-order valence-corrected chi connectivity index (χ2v) is 1.87. The van der Waals surface area contributed by atoms with Gasteiger partial charge in [-0.15, -0.1) is 0 Å². The zero-order valence-corrected chi connectivity index (χ0v) is 4.55. The number of rotatable bonds is 3. The van der Waals surface area contributed by atoms with E-state index in [2.05, 4.69) is 0 Å². The minimum atomic E-state index is 0.571. The molecular formula is C4H7OS. The molecule has 0 saturated heterocycles. The van der Waals surface area contributed by atoms with Gasteiger partial charge in [0.25, 0.3) is 0 Å². The van der Waals surface area contributed by atoms with E-state index >= 15 is 0 Å². The lowest BCUT2D eigenvalue weighted by molar-refractivity contribution is 0.554. The molecule has 0 unspecified atom stereocenters. The molecule has 0 heterocycles. The Labute approximate surface area is 42.1 Å². The fourth-order valence-electron chi connectivity index (χ4n) is 0.144. The van der Waals surface area contributed by atoms with Crippen LogP contribution >= 0.6 is 11.8 Å². The van der Waals surface area contributed by atoms with Crippen molar-refractivity contribution in [3.8, 4) is 0 Å². The first-order valence-corrected chi connectivity index (χ1v) is 3.15. The number of carbonyl (C=O) groups excluding carboxylic acids is 1. The highest BCUT2D eigenvalue weighted by molar-refractivity contribution is 7.98. The smallest absolute Gasteiger partial charge is 0.199 e. The maximum Gasteiger partial charge on any atom is 0.199 e. The largest absolute Gasteiger partial charge is 0.291 e. The van der Waals surface area contributed by atoms with Gasteiger partial charge in [0.05, 0.1) is 0 Å². The third-order valence-corrected chi connectivity index (χ3v) is 1.02. The molecule has 0 amide bonds. The summed E-state index contributed by atoms with van der Waals surface area (Å²) in [5.74, 6) is 0.906. The SMILES string of the molecule is CSCC[C]=O. The number of hydrogen-bond donors (Lipinski definition) is 0. The molecule has 0 aromatic rings. The van der Waals surface area contributed by atoms with Gasteiger partial charge in [0, 0.05) is 12.2 Å². The molecule has 0 aromatic heterocycles. The average Bonchev–Trinajstić information content (AvgIpc) is 1.61. The van der Waals surface area contributed by atoms with E-state index in [0.717, 1.165) is 5.75 Å². The predicted octanol–water partition coefficient (Wildman–Crippen LogP) is 0.849. The normalized spacial score (nSPS) is 8.17. The molecule has 0 saturated carbocycles. The molecule has 0 aliphatic rings. The topological polar surface area (TPSA) is 17.1 Å². The van der Waals surface area contributed by atoms with Crippen LogP contribution in [-0.2, 0) is 4.79 Å². The van der Waals surface area contributed by atoms with Gasteiger partial charge in [0.2, 0.25) is 0 Å². The molecule has 0 rings (SSSR count). The van der Waals surface area contributed by atoms with E-state index in [1.165, 1.54) is 0 Å². The van der Waals surface area contributed by atoms with Gasteiger partial charge in [-0.3, -0.25) is 4.79 Å². The van der Waals surface area contributed by atoms with Crippen LogP contribution in [0.15, 0.2) is 0 Å². The minimum Gasteiger partial charge on any atom is -0.291 e. The van der Waals surface area contributed by atoms with Crippen LogP contribution in [0.3, 0.4) is 0 Å². The first-order valence-electron chi connectivity index (χ1n) is 1.75. The molecule has 1 nitrogen and oxygen atoms in total. The lowest BCUT2D eigenvalue weighted by Gasteiger charge is -1.78. The van der Waals surface area contributed by atoms with Crippen LogP contribution in [0.2, 0.25) is 0 Å². The quantitative estimate of drug-likeness (QED) is 0.492. The molecule has 0 N–H and O–H groups in total. The van der Waals surface area contributed by atoms with Gasteiger partial charge >= 0.3 is 0 Å². The Hall–Kier alpha value is 0.0200. The van der Waals surface area contributed by atoms with Crippen molar-refractivity contribution < 1.29 is 4.79 Å². The van der Waals surface area contributed by atoms with Crippen LogP contribution in [0.25, 0.3) is 0 Å². The Bertz CT molecular complexity index is 36.5. The Morgan fingerprint density at radius 1 is 1.83 bits per heavy atom. The molecule has 0 atom stereocenters. The van der Waals surface area contributed by atoms with Crippen molar-refractivity contribution in [2.24, 2.45) is 0 Å². The Balaban J connectivity index is 2.49. The average molecular weight is 103 g/mol. The van der Waals surface area contributed by atoms with E-state index in [9.17, 15) is 4.79 Å². The fourth-order valence-corrected chi connectivity index (χ4v) is 0.431. The molecule has 2 heteroatoms. The molecule has 6 heavy (non-hydrogen) atoms. The van der Waals surface area contributed by atoms with Crippen LogP contribution in [-0.4, -0.2) is 18.3 Å². The van der Waals surface area contributed by atoms with Crippen LogP contribution in [0.1, 0.15) is 6.42 Å². The predicted molar refractivity (Wildman–Crippen MR) is 28.7 cm³/mol. The lowest BCUT2D eigenvalue weighted by Crippen LogP contribution is -1.75. The third kappa shape index (κ3) is 4.02. The van der Waals surface area contributed by atoms with Gasteiger partial charge < -0.3 is 0 Å². The summed E-state index contributed by atoms with van der Waals surface area (Å²) in [6.07, 6.45) is 4.34. The molecule has 0 spiro atoms. The van der Waals surface area contributed by atoms with Gasteiger partial charge in [0.15, 0.2) is 6.29 Å². The monoisotopic (exact) mass is 103 g/mol. The van der Waals surface area contributed by atoms with Crippen molar-refractivity contribution in [2.45, 2.75) is 6.42 Å². The van der Waals surface area contributed by atoms with Gasteiger partial charge in [0.1, 0.15) is 0 Å². The summed E-state index contributed by atoms with van der Waals surface area (Å²) in [5, 5.41) is 0. The number of thioether (sulfide) groups is 1. The molecule has 35 valence electrons. The molecular weight excluding hydrogens is 96.1 g/mol. The van der Waals surface area contributed by atoms with Crippen LogP contribution < -0.4 is 0 Å². The van der Waals surface area contributed by atoms with E-state index in [1.54, 1.807) is 18.0 Å². The van der Waals surface area contributed by atoms with Crippen LogP contribution in [0.4, 0.5) is 0 Å². The van der Waals surface area contributed by atoms with Crippen molar-refractivity contribution in [3.05, 3.63) is 0 Å². The van der Waals surface area contributed by atoms with Crippen molar-refractivity contribution in [3.63, 3.8) is 0 Å². The molecule has 0 fully saturated rings. The molecule has 0 aliphatic carbocycles. The van der Waals surface area contributed by atoms with Crippen LogP contribution in [0, 0.1) is 0 Å². The Kier molecular flexibility index (Phi) is 5.04. The maximum atomic E-state index is 9.43. The zero-order chi connectivity index (χ0) is 4.83. The highest BCUT2D eigenvalue weighted by atomic mass is 32.2. The van der Waals surface area contributed by atoms with Gasteiger partial charge in [-0.2, -0.15) is 11.8 Å². The van der Waals surface area contributed by atoms with Crippen molar-refractivity contribution in [1.82, 2.24) is 0 Å². The Morgan fingerprint density at radius 3 is 2.67 bits per heavy atom. The van der Waals surface area contributed by atoms with Crippen molar-refractivity contribution >= 4 is 18.0 Å². The second kappa shape index (κ2) is 5.02. The lowest BCUT2D eigenvalue weighted by atomic mass is 10.6. The van der Waals surface area contributed by atoms with Gasteiger partial charge in [-0.1, -0.05) is 0 Å². The van der Waals surface area contributed by atoms with Crippen LogP contribution in [0.5, 0.6) is 0 Å². The summed E-state index contributed by atoms with van der Waals surface area (Å²) in [5.41, 5.74) is 0. The minimum absolute atomic E-state index is 0.571. The summed E-state index contributed by atoms with van der Waals surface area (Å²) < 4.78 is 0. The molecule has 1 radical (unpaired) electrons. The molecule has 0 bridgehead atoms. The summed E-state index contributed by atoms with van der Waals surface area (Å²) in [7, 11) is 0. The maximum absolute atomic E-state index is 9.43. The van der Waals surface area contributed by atoms with E-state index in [1.807, 2.05) is 6.26 Å². The summed E-state index contributed by atoms with van der Waals surface area (Å²) in [6, 6.07) is 0. The standard InChI is InChI=1S/C4H7OS/c1-6-4-2-3-5/h2,4H2,1H3.